The van der Waals surface area contributed by atoms with Gasteiger partial charge in [-0.25, -0.2) is 9.07 Å². The van der Waals surface area contributed by atoms with Gasteiger partial charge in [-0.15, -0.1) is 0 Å². The molecule has 6 heteroatoms. The molecule has 150 valence electrons. The van der Waals surface area contributed by atoms with Crippen LogP contribution in [-0.2, 0) is 0 Å². The highest BCUT2D eigenvalue weighted by Gasteiger charge is 2.19. The average Bonchev–Trinajstić information content (AvgIpc) is 3.13. The molecule has 4 aromatic rings. The summed E-state index contributed by atoms with van der Waals surface area (Å²) in [4.78, 5) is 17.9. The first-order valence-electron chi connectivity index (χ1n) is 9.43. The second kappa shape index (κ2) is 8.21. The van der Waals surface area contributed by atoms with E-state index in [4.69, 9.17) is 4.74 Å². The number of aromatic amines is 1. The standard InChI is InChI=1S/C24H20FN3O2/c1-16(26-19-10-8-18(25)9-11-19)22-23(17-6-4-3-5-7-17)27-28(24(22)29)20-12-14-21(30-2)15-13-20/h3-15,27H,1-2H3. The van der Waals surface area contributed by atoms with Crippen molar-refractivity contribution in [2.45, 2.75) is 6.92 Å². The van der Waals surface area contributed by atoms with Crippen LogP contribution in [0.5, 0.6) is 5.75 Å². The van der Waals surface area contributed by atoms with Gasteiger partial charge in [-0.1, -0.05) is 30.3 Å². The largest absolute Gasteiger partial charge is 0.497 e. The molecule has 0 aliphatic carbocycles. The first-order valence-corrected chi connectivity index (χ1v) is 9.43. The molecule has 0 unspecified atom stereocenters. The summed E-state index contributed by atoms with van der Waals surface area (Å²) in [5.41, 5.74) is 3.56. The highest BCUT2D eigenvalue weighted by molar-refractivity contribution is 6.04. The first kappa shape index (κ1) is 19.4. The van der Waals surface area contributed by atoms with Crippen LogP contribution < -0.4 is 10.3 Å². The summed E-state index contributed by atoms with van der Waals surface area (Å²) >= 11 is 0. The van der Waals surface area contributed by atoms with Crippen molar-refractivity contribution in [3.63, 3.8) is 0 Å². The van der Waals surface area contributed by atoms with Gasteiger partial charge in [-0.05, 0) is 55.5 Å². The fraction of sp³-hybridized carbons (Fsp3) is 0.0833. The van der Waals surface area contributed by atoms with Crippen molar-refractivity contribution in [1.29, 1.82) is 0 Å². The second-order valence-corrected chi connectivity index (χ2v) is 6.74. The number of ether oxygens (including phenoxy) is 1. The Hall–Kier alpha value is -3.93. The van der Waals surface area contributed by atoms with Crippen LogP contribution in [0.3, 0.4) is 0 Å². The molecule has 1 heterocycles. The van der Waals surface area contributed by atoms with Crippen LogP contribution in [-0.4, -0.2) is 22.6 Å². The number of aliphatic imine (C=N–C) groups is 1. The van der Waals surface area contributed by atoms with Gasteiger partial charge >= 0.3 is 0 Å². The normalized spacial score (nSPS) is 11.5. The van der Waals surface area contributed by atoms with Crippen LogP contribution in [0.15, 0.2) is 88.6 Å². The molecular formula is C24H20FN3O2. The van der Waals surface area contributed by atoms with Gasteiger partial charge in [0.05, 0.1) is 35.5 Å². The van der Waals surface area contributed by atoms with Gasteiger partial charge in [-0.3, -0.25) is 14.9 Å². The van der Waals surface area contributed by atoms with E-state index >= 15 is 0 Å². The van der Waals surface area contributed by atoms with E-state index in [0.717, 1.165) is 5.56 Å². The molecule has 0 atom stereocenters. The van der Waals surface area contributed by atoms with Crippen molar-refractivity contribution in [3.05, 3.63) is 101 Å². The molecule has 0 saturated carbocycles. The van der Waals surface area contributed by atoms with Crippen LogP contribution in [0.2, 0.25) is 0 Å². The zero-order chi connectivity index (χ0) is 21.1. The molecule has 0 spiro atoms. The highest BCUT2D eigenvalue weighted by atomic mass is 19.1. The lowest BCUT2D eigenvalue weighted by Crippen LogP contribution is -2.19. The lowest BCUT2D eigenvalue weighted by molar-refractivity contribution is 0.414. The number of hydrogen-bond acceptors (Lipinski definition) is 3. The van der Waals surface area contributed by atoms with E-state index in [1.807, 2.05) is 42.5 Å². The van der Waals surface area contributed by atoms with Gasteiger partial charge in [0.25, 0.3) is 5.56 Å². The third-order valence-electron chi connectivity index (χ3n) is 4.77. The molecule has 0 fully saturated rings. The second-order valence-electron chi connectivity index (χ2n) is 6.74. The number of methoxy groups -OCH3 is 1. The molecular weight excluding hydrogens is 381 g/mol. The molecule has 0 saturated heterocycles. The quantitative estimate of drug-likeness (QED) is 0.472. The zero-order valence-electron chi connectivity index (χ0n) is 16.6. The zero-order valence-corrected chi connectivity index (χ0v) is 16.6. The third kappa shape index (κ3) is 3.80. The summed E-state index contributed by atoms with van der Waals surface area (Å²) in [6, 6.07) is 22.7. The third-order valence-corrected chi connectivity index (χ3v) is 4.77. The Morgan fingerprint density at radius 3 is 2.27 bits per heavy atom. The number of H-pyrrole nitrogens is 1. The van der Waals surface area contributed by atoms with E-state index in [1.165, 1.54) is 16.8 Å². The number of halogens is 1. The van der Waals surface area contributed by atoms with Gasteiger partial charge < -0.3 is 4.74 Å². The SMILES string of the molecule is COc1ccc(-n2[nH]c(-c3ccccc3)c(C(C)=Nc3ccc(F)cc3)c2=O)cc1. The average molecular weight is 401 g/mol. The molecule has 0 aliphatic heterocycles. The van der Waals surface area contributed by atoms with Gasteiger partial charge in [0.2, 0.25) is 0 Å². The lowest BCUT2D eigenvalue weighted by atomic mass is 10.1. The van der Waals surface area contributed by atoms with Crippen LogP contribution >= 0.6 is 0 Å². The number of hydrogen-bond donors (Lipinski definition) is 1. The molecule has 1 aromatic heterocycles. The minimum absolute atomic E-state index is 0.220. The van der Waals surface area contributed by atoms with E-state index in [-0.39, 0.29) is 11.4 Å². The minimum Gasteiger partial charge on any atom is -0.497 e. The van der Waals surface area contributed by atoms with E-state index < -0.39 is 0 Å². The molecule has 0 bridgehead atoms. The van der Waals surface area contributed by atoms with E-state index in [2.05, 4.69) is 10.1 Å². The van der Waals surface area contributed by atoms with Crippen molar-refractivity contribution in [3.8, 4) is 22.7 Å². The number of nitrogens with one attached hydrogen (secondary N) is 1. The summed E-state index contributed by atoms with van der Waals surface area (Å²) in [6.45, 7) is 1.78. The number of nitrogens with zero attached hydrogens (tertiary/aromatic N) is 2. The molecule has 1 N–H and O–H groups in total. The Balaban J connectivity index is 1.88. The number of rotatable bonds is 5. The minimum atomic E-state index is -0.333. The number of aromatic nitrogens is 2. The van der Waals surface area contributed by atoms with Crippen LogP contribution in [0.4, 0.5) is 10.1 Å². The highest BCUT2D eigenvalue weighted by Crippen LogP contribution is 2.23. The summed E-state index contributed by atoms with van der Waals surface area (Å²) in [5, 5.41) is 3.22. The Labute approximate surface area is 173 Å². The van der Waals surface area contributed by atoms with Crippen molar-refractivity contribution < 1.29 is 9.13 Å². The summed E-state index contributed by atoms with van der Waals surface area (Å²) in [5.74, 6) is 0.371. The first-order chi connectivity index (χ1) is 14.6. The van der Waals surface area contributed by atoms with Gasteiger partial charge in [0.15, 0.2) is 0 Å². The Kier molecular flexibility index (Phi) is 5.30. The van der Waals surface area contributed by atoms with Crippen LogP contribution in [0.1, 0.15) is 12.5 Å². The smallest absolute Gasteiger partial charge is 0.280 e. The Morgan fingerprint density at radius 2 is 1.63 bits per heavy atom. The molecule has 4 rings (SSSR count). The monoisotopic (exact) mass is 401 g/mol. The molecule has 0 aliphatic rings. The van der Waals surface area contributed by atoms with Gasteiger partial charge in [-0.2, -0.15) is 0 Å². The van der Waals surface area contributed by atoms with Gasteiger partial charge in [0.1, 0.15) is 11.6 Å². The fourth-order valence-corrected chi connectivity index (χ4v) is 3.26. The summed E-state index contributed by atoms with van der Waals surface area (Å²) < 4.78 is 19.9. The fourth-order valence-electron chi connectivity index (χ4n) is 3.26. The van der Waals surface area contributed by atoms with E-state index in [0.29, 0.717) is 34.1 Å². The number of benzene rings is 3. The summed E-state index contributed by atoms with van der Waals surface area (Å²) in [6.07, 6.45) is 0. The van der Waals surface area contributed by atoms with Crippen molar-refractivity contribution in [1.82, 2.24) is 9.78 Å². The van der Waals surface area contributed by atoms with Crippen molar-refractivity contribution in [2.75, 3.05) is 7.11 Å². The lowest BCUT2D eigenvalue weighted by Gasteiger charge is -2.04. The maximum atomic E-state index is 13.4. The Morgan fingerprint density at radius 1 is 0.967 bits per heavy atom. The molecule has 0 radical (unpaired) electrons. The Bertz CT molecular complexity index is 1240. The van der Waals surface area contributed by atoms with Crippen molar-refractivity contribution in [2.24, 2.45) is 4.99 Å². The molecule has 3 aromatic carbocycles. The van der Waals surface area contributed by atoms with Crippen LogP contribution in [0, 0.1) is 5.82 Å². The topological polar surface area (TPSA) is 59.4 Å². The molecule has 30 heavy (non-hydrogen) atoms. The van der Waals surface area contributed by atoms with Gasteiger partial charge in [0, 0.05) is 5.56 Å². The maximum Gasteiger partial charge on any atom is 0.280 e. The predicted octanol–water partition coefficient (Wildman–Crippen LogP) is 5.12. The van der Waals surface area contributed by atoms with Crippen LogP contribution in [0.25, 0.3) is 16.9 Å². The summed E-state index contributed by atoms with van der Waals surface area (Å²) in [7, 11) is 1.59. The maximum absolute atomic E-state index is 13.4. The van der Waals surface area contributed by atoms with E-state index in [1.54, 1.807) is 38.3 Å². The van der Waals surface area contributed by atoms with Crippen molar-refractivity contribution >= 4 is 11.4 Å². The predicted molar refractivity (Wildman–Crippen MR) is 117 cm³/mol. The molecule has 5 nitrogen and oxygen atoms in total. The molecule has 0 amide bonds. The van der Waals surface area contributed by atoms with E-state index in [9.17, 15) is 9.18 Å².